The topological polar surface area (TPSA) is 21.3 Å². The molecule has 0 bridgehead atoms. The minimum atomic E-state index is -0.306. The molecule has 0 spiro atoms. The number of nitrogens with one attached hydrogen (secondary N) is 1. The molecule has 0 radical (unpaired) electrons. The molecule has 92 valence electrons. The van der Waals surface area contributed by atoms with Gasteiger partial charge in [0.25, 0.3) is 0 Å². The van der Waals surface area contributed by atoms with Crippen LogP contribution in [0.15, 0.2) is 30.0 Å². The molecule has 1 aromatic rings. The van der Waals surface area contributed by atoms with Gasteiger partial charge in [-0.25, -0.2) is 4.39 Å². The van der Waals surface area contributed by atoms with E-state index >= 15 is 0 Å². The molecule has 0 saturated carbocycles. The quantitative estimate of drug-likeness (QED) is 0.890. The molecule has 1 aliphatic rings. The number of benzene rings is 1. The van der Waals surface area contributed by atoms with E-state index in [0.717, 1.165) is 18.7 Å². The van der Waals surface area contributed by atoms with Gasteiger partial charge >= 0.3 is 0 Å². The molecule has 1 aliphatic heterocycles. The summed E-state index contributed by atoms with van der Waals surface area (Å²) in [4.78, 5) is 0. The number of hydrogen-bond acceptors (Lipinski definition) is 2. The Labute approximate surface area is 105 Å². The SMILES string of the molecule is CCNC(C1=CCCO1)c1c(F)cccc1Cl. The fourth-order valence-electron chi connectivity index (χ4n) is 1.97. The maximum absolute atomic E-state index is 13.9. The zero-order chi connectivity index (χ0) is 12.3. The van der Waals surface area contributed by atoms with Gasteiger partial charge in [-0.1, -0.05) is 24.6 Å². The van der Waals surface area contributed by atoms with Crippen molar-refractivity contribution in [2.75, 3.05) is 13.2 Å². The molecule has 1 aromatic carbocycles. The third-order valence-corrected chi connectivity index (χ3v) is 3.04. The van der Waals surface area contributed by atoms with Crippen molar-refractivity contribution < 1.29 is 9.13 Å². The summed E-state index contributed by atoms with van der Waals surface area (Å²) in [6.45, 7) is 3.34. The maximum atomic E-state index is 13.9. The van der Waals surface area contributed by atoms with E-state index in [1.54, 1.807) is 12.1 Å². The third kappa shape index (κ3) is 2.61. The van der Waals surface area contributed by atoms with Crippen LogP contribution in [0.1, 0.15) is 24.9 Å². The van der Waals surface area contributed by atoms with Crippen LogP contribution in [0, 0.1) is 5.82 Å². The Balaban J connectivity index is 2.38. The molecule has 0 aliphatic carbocycles. The van der Waals surface area contributed by atoms with Crippen LogP contribution in [0.25, 0.3) is 0 Å². The van der Waals surface area contributed by atoms with Crippen molar-refractivity contribution in [2.24, 2.45) is 0 Å². The van der Waals surface area contributed by atoms with Gasteiger partial charge in [0.05, 0.1) is 12.6 Å². The first kappa shape index (κ1) is 12.4. The van der Waals surface area contributed by atoms with E-state index in [-0.39, 0.29) is 11.9 Å². The smallest absolute Gasteiger partial charge is 0.129 e. The Morgan fingerprint density at radius 2 is 2.35 bits per heavy atom. The summed E-state index contributed by atoms with van der Waals surface area (Å²) >= 11 is 6.08. The molecule has 0 fully saturated rings. The lowest BCUT2D eigenvalue weighted by Gasteiger charge is -2.21. The van der Waals surface area contributed by atoms with Crippen molar-refractivity contribution in [3.8, 4) is 0 Å². The first-order valence-corrected chi connectivity index (χ1v) is 6.12. The van der Waals surface area contributed by atoms with E-state index in [2.05, 4.69) is 5.32 Å². The highest BCUT2D eigenvalue weighted by Gasteiger charge is 2.24. The molecule has 2 nitrogen and oxygen atoms in total. The summed E-state index contributed by atoms with van der Waals surface area (Å²) in [5, 5.41) is 3.63. The number of rotatable bonds is 4. The van der Waals surface area contributed by atoms with Gasteiger partial charge in [-0.15, -0.1) is 0 Å². The fraction of sp³-hybridized carbons (Fsp3) is 0.385. The van der Waals surface area contributed by atoms with Gasteiger partial charge < -0.3 is 10.1 Å². The zero-order valence-electron chi connectivity index (χ0n) is 9.67. The van der Waals surface area contributed by atoms with Crippen LogP contribution in [0.4, 0.5) is 4.39 Å². The van der Waals surface area contributed by atoms with Gasteiger partial charge in [-0.05, 0) is 24.8 Å². The van der Waals surface area contributed by atoms with Crippen LogP contribution >= 0.6 is 11.6 Å². The lowest BCUT2D eigenvalue weighted by Crippen LogP contribution is -2.24. The van der Waals surface area contributed by atoms with Gasteiger partial charge in [0.1, 0.15) is 11.6 Å². The van der Waals surface area contributed by atoms with Crippen molar-refractivity contribution >= 4 is 11.6 Å². The van der Waals surface area contributed by atoms with E-state index in [1.165, 1.54) is 6.07 Å². The standard InChI is InChI=1S/C13H15ClFNO/c1-2-16-13(11-7-4-8-17-11)12-9(14)5-3-6-10(12)15/h3,5-7,13,16H,2,4,8H2,1H3. The Morgan fingerprint density at radius 1 is 1.53 bits per heavy atom. The molecule has 0 amide bonds. The van der Waals surface area contributed by atoms with E-state index in [9.17, 15) is 4.39 Å². The van der Waals surface area contributed by atoms with Crippen molar-refractivity contribution in [1.29, 1.82) is 0 Å². The second-order valence-corrected chi connectivity index (χ2v) is 4.28. The summed E-state index contributed by atoms with van der Waals surface area (Å²) in [7, 11) is 0. The summed E-state index contributed by atoms with van der Waals surface area (Å²) in [6, 6.07) is 4.42. The predicted molar refractivity (Wildman–Crippen MR) is 66.5 cm³/mol. The average Bonchev–Trinajstić information content (AvgIpc) is 2.80. The highest BCUT2D eigenvalue weighted by Crippen LogP contribution is 2.32. The molecule has 1 unspecified atom stereocenters. The first-order chi connectivity index (χ1) is 8.24. The molecule has 1 N–H and O–H groups in total. The van der Waals surface area contributed by atoms with Gasteiger partial charge in [-0.2, -0.15) is 0 Å². The van der Waals surface area contributed by atoms with E-state index in [1.807, 2.05) is 13.0 Å². The van der Waals surface area contributed by atoms with Gasteiger partial charge in [-0.3, -0.25) is 0 Å². The lowest BCUT2D eigenvalue weighted by molar-refractivity contribution is 0.215. The normalized spacial score (nSPS) is 16.5. The minimum Gasteiger partial charge on any atom is -0.496 e. The van der Waals surface area contributed by atoms with Crippen LogP contribution in [-0.4, -0.2) is 13.2 Å². The van der Waals surface area contributed by atoms with Gasteiger partial charge in [0.2, 0.25) is 0 Å². The summed E-state index contributed by atoms with van der Waals surface area (Å²) in [6.07, 6.45) is 2.85. The highest BCUT2D eigenvalue weighted by atomic mass is 35.5. The van der Waals surface area contributed by atoms with Crippen LogP contribution in [0.5, 0.6) is 0 Å². The van der Waals surface area contributed by atoms with Crippen molar-refractivity contribution in [3.05, 3.63) is 46.4 Å². The molecule has 1 atom stereocenters. The number of ether oxygens (including phenoxy) is 1. The summed E-state index contributed by atoms with van der Waals surface area (Å²) < 4.78 is 19.4. The molecular weight excluding hydrogens is 241 g/mol. The average molecular weight is 256 g/mol. The predicted octanol–water partition coefficient (Wildman–Crippen LogP) is 3.43. The minimum absolute atomic E-state index is 0.295. The molecule has 2 rings (SSSR count). The zero-order valence-corrected chi connectivity index (χ0v) is 10.4. The summed E-state index contributed by atoms with van der Waals surface area (Å²) in [5.74, 6) is 0.457. The molecule has 4 heteroatoms. The summed E-state index contributed by atoms with van der Waals surface area (Å²) in [5.41, 5.74) is 0.462. The number of halogens is 2. The fourth-order valence-corrected chi connectivity index (χ4v) is 2.25. The Hall–Kier alpha value is -1.06. The van der Waals surface area contributed by atoms with Crippen molar-refractivity contribution in [2.45, 2.75) is 19.4 Å². The van der Waals surface area contributed by atoms with Crippen molar-refractivity contribution in [1.82, 2.24) is 5.32 Å². The largest absolute Gasteiger partial charge is 0.496 e. The van der Waals surface area contributed by atoms with Crippen LogP contribution in [0.3, 0.4) is 0 Å². The third-order valence-electron chi connectivity index (χ3n) is 2.71. The lowest BCUT2D eigenvalue weighted by atomic mass is 10.0. The van der Waals surface area contributed by atoms with Gasteiger partial charge in [0.15, 0.2) is 0 Å². The maximum Gasteiger partial charge on any atom is 0.129 e. The first-order valence-electron chi connectivity index (χ1n) is 5.74. The van der Waals surface area contributed by atoms with E-state index in [4.69, 9.17) is 16.3 Å². The Morgan fingerprint density at radius 3 is 2.94 bits per heavy atom. The molecule has 0 saturated heterocycles. The second-order valence-electron chi connectivity index (χ2n) is 3.87. The van der Waals surface area contributed by atoms with E-state index in [0.29, 0.717) is 17.2 Å². The molecule has 0 aromatic heterocycles. The molecule has 17 heavy (non-hydrogen) atoms. The van der Waals surface area contributed by atoms with Gasteiger partial charge in [0, 0.05) is 17.0 Å². The second kappa shape index (κ2) is 5.52. The van der Waals surface area contributed by atoms with Crippen LogP contribution < -0.4 is 5.32 Å². The Bertz CT molecular complexity index is 413. The monoisotopic (exact) mass is 255 g/mol. The van der Waals surface area contributed by atoms with Crippen LogP contribution in [-0.2, 0) is 4.74 Å². The highest BCUT2D eigenvalue weighted by molar-refractivity contribution is 6.31. The number of likely N-dealkylation sites (N-methyl/N-ethyl adjacent to an activating group) is 1. The number of hydrogen-bond donors (Lipinski definition) is 1. The molecule has 1 heterocycles. The van der Waals surface area contributed by atoms with Crippen LogP contribution in [0.2, 0.25) is 5.02 Å². The molecular formula is C13H15ClFNO. The van der Waals surface area contributed by atoms with E-state index < -0.39 is 0 Å². The van der Waals surface area contributed by atoms with Crippen molar-refractivity contribution in [3.63, 3.8) is 0 Å². The Kier molecular flexibility index (Phi) is 4.02.